The summed E-state index contributed by atoms with van der Waals surface area (Å²) in [5, 5.41) is 20.0. The fourth-order valence-electron chi connectivity index (χ4n) is 2.93. The van der Waals surface area contributed by atoms with Crippen LogP contribution in [0, 0.1) is 0 Å². The summed E-state index contributed by atoms with van der Waals surface area (Å²) in [6.07, 6.45) is 2.50. The monoisotopic (exact) mass is 439 g/mol. The van der Waals surface area contributed by atoms with Crippen LogP contribution in [0.15, 0.2) is 46.3 Å². The molecule has 1 fully saturated rings. The number of fused-ring (bicyclic) bond motifs is 1. The highest BCUT2D eigenvalue weighted by Crippen LogP contribution is 2.44. The Bertz CT molecular complexity index is 943. The van der Waals surface area contributed by atoms with E-state index in [9.17, 15) is 4.79 Å². The predicted octanol–water partition coefficient (Wildman–Crippen LogP) is 4.66. The zero-order chi connectivity index (χ0) is 16.7. The zero-order valence-corrected chi connectivity index (χ0v) is 16.3. The summed E-state index contributed by atoms with van der Waals surface area (Å²) in [5.74, 6) is -0.266. The van der Waals surface area contributed by atoms with Crippen molar-refractivity contribution in [2.24, 2.45) is 0 Å². The summed E-state index contributed by atoms with van der Waals surface area (Å²) in [6, 6.07) is 12.6. The van der Waals surface area contributed by atoms with E-state index in [1.54, 1.807) is 0 Å². The third kappa shape index (κ3) is 3.54. The van der Waals surface area contributed by atoms with Crippen LogP contribution in [0.1, 0.15) is 24.3 Å². The molecule has 1 saturated carbocycles. The Morgan fingerprint density at radius 1 is 1.20 bits per heavy atom. The van der Waals surface area contributed by atoms with E-state index >= 15 is 0 Å². The summed E-state index contributed by atoms with van der Waals surface area (Å²) >= 11 is 4.60. The van der Waals surface area contributed by atoms with E-state index < -0.39 is 5.97 Å². The van der Waals surface area contributed by atoms with E-state index in [0.717, 1.165) is 22.8 Å². The molecule has 0 radical (unpaired) electrons. The second kappa shape index (κ2) is 7.35. The van der Waals surface area contributed by atoms with Gasteiger partial charge in [0.15, 0.2) is 5.16 Å². The highest BCUT2D eigenvalue weighted by molar-refractivity contribution is 9.10. The lowest BCUT2D eigenvalue weighted by atomic mass is 9.99. The van der Waals surface area contributed by atoms with Crippen molar-refractivity contribution < 1.29 is 9.90 Å². The van der Waals surface area contributed by atoms with Gasteiger partial charge in [-0.15, -0.1) is 22.6 Å². The third-order valence-electron chi connectivity index (χ3n) is 4.11. The largest absolute Gasteiger partial charge is 0.481 e. The quantitative estimate of drug-likeness (QED) is 0.584. The average molecular weight is 441 g/mol. The number of carboxylic acids is 1. The summed E-state index contributed by atoms with van der Waals surface area (Å²) in [6.45, 7) is 0. The van der Waals surface area contributed by atoms with Gasteiger partial charge in [0.1, 0.15) is 0 Å². The minimum atomic E-state index is -0.875. The van der Waals surface area contributed by atoms with Crippen LogP contribution in [0.5, 0.6) is 0 Å². The summed E-state index contributed by atoms with van der Waals surface area (Å²) < 4.78 is 2.44. The molecule has 0 aliphatic heterocycles. The molecule has 4 rings (SSSR count). The van der Waals surface area contributed by atoms with Crippen molar-refractivity contribution in [3.05, 3.63) is 46.7 Å². The van der Waals surface area contributed by atoms with Crippen LogP contribution in [-0.4, -0.2) is 31.6 Å². The highest BCUT2D eigenvalue weighted by Gasteiger charge is 2.26. The average Bonchev–Trinajstić information content (AvgIpc) is 3.35. The molecule has 5 nitrogen and oxygen atoms in total. The van der Waals surface area contributed by atoms with Gasteiger partial charge in [-0.3, -0.25) is 9.36 Å². The Labute approximate surface area is 163 Å². The SMILES string of the molecule is Cl.O=C(O)CSc1nnc(Br)n1-c1ccc(C2CC2)c2ccccc12. The van der Waals surface area contributed by atoms with Crippen LogP contribution in [-0.2, 0) is 4.79 Å². The van der Waals surface area contributed by atoms with Crippen molar-refractivity contribution >= 4 is 56.8 Å². The van der Waals surface area contributed by atoms with Crippen LogP contribution in [0.4, 0.5) is 0 Å². The first-order chi connectivity index (χ1) is 11.6. The number of carbonyl (C=O) groups is 1. The molecule has 0 amide bonds. The maximum atomic E-state index is 10.9. The van der Waals surface area contributed by atoms with Crippen molar-refractivity contribution in [1.82, 2.24) is 14.8 Å². The maximum Gasteiger partial charge on any atom is 0.313 e. The molecule has 1 heterocycles. The molecular weight excluding hydrogens is 426 g/mol. The summed E-state index contributed by atoms with van der Waals surface area (Å²) in [5.41, 5.74) is 2.35. The number of nitrogens with zero attached hydrogens (tertiary/aromatic N) is 3. The maximum absolute atomic E-state index is 10.9. The highest BCUT2D eigenvalue weighted by atomic mass is 79.9. The number of hydrogen-bond acceptors (Lipinski definition) is 4. The van der Waals surface area contributed by atoms with Gasteiger partial charge in [0.2, 0.25) is 4.73 Å². The van der Waals surface area contributed by atoms with Crippen LogP contribution < -0.4 is 0 Å². The molecule has 1 N–H and O–H groups in total. The second-order valence-corrected chi connectivity index (χ2v) is 7.41. The molecule has 1 aliphatic rings. The van der Waals surface area contributed by atoms with Gasteiger partial charge in [-0.2, -0.15) is 0 Å². The van der Waals surface area contributed by atoms with E-state index in [4.69, 9.17) is 5.11 Å². The number of hydrogen-bond donors (Lipinski definition) is 1. The van der Waals surface area contributed by atoms with E-state index in [0.29, 0.717) is 15.8 Å². The molecule has 0 bridgehead atoms. The smallest absolute Gasteiger partial charge is 0.313 e. The molecule has 2 aromatic carbocycles. The minimum absolute atomic E-state index is 0. The van der Waals surface area contributed by atoms with Crippen molar-refractivity contribution in [1.29, 1.82) is 0 Å². The molecule has 0 saturated heterocycles. The molecule has 1 aromatic heterocycles. The Kier molecular flexibility index (Phi) is 5.36. The van der Waals surface area contributed by atoms with Gasteiger partial charge in [-0.25, -0.2) is 0 Å². The van der Waals surface area contributed by atoms with Gasteiger partial charge in [0.05, 0.1) is 11.4 Å². The van der Waals surface area contributed by atoms with Gasteiger partial charge in [-0.05, 0) is 51.7 Å². The molecule has 8 heteroatoms. The van der Waals surface area contributed by atoms with E-state index in [1.165, 1.54) is 23.8 Å². The molecule has 25 heavy (non-hydrogen) atoms. The standard InChI is InChI=1S/C17H14BrN3O2S.ClH/c18-16-19-20-17(24-9-15(22)23)21(16)14-8-7-11(10-5-6-10)12-3-1-2-4-13(12)14;/h1-4,7-8,10H,5-6,9H2,(H,22,23);1H. The van der Waals surface area contributed by atoms with Gasteiger partial charge in [0, 0.05) is 5.39 Å². The molecule has 1 aliphatic carbocycles. The van der Waals surface area contributed by atoms with Crippen molar-refractivity contribution in [2.75, 3.05) is 5.75 Å². The summed E-state index contributed by atoms with van der Waals surface area (Å²) in [4.78, 5) is 10.9. The van der Waals surface area contributed by atoms with Gasteiger partial charge < -0.3 is 5.11 Å². The Balaban J connectivity index is 0.00000182. The lowest BCUT2D eigenvalue weighted by Crippen LogP contribution is -2.03. The van der Waals surface area contributed by atoms with Gasteiger partial charge >= 0.3 is 5.97 Å². The second-order valence-electron chi connectivity index (χ2n) is 5.76. The van der Waals surface area contributed by atoms with Crippen LogP contribution in [0.3, 0.4) is 0 Å². The number of halogens is 2. The fraction of sp³-hybridized carbons (Fsp3) is 0.235. The first-order valence-electron chi connectivity index (χ1n) is 7.62. The lowest BCUT2D eigenvalue weighted by molar-refractivity contribution is -0.133. The Hall–Kier alpha value is -1.57. The van der Waals surface area contributed by atoms with Gasteiger partial charge in [0.25, 0.3) is 0 Å². The number of benzene rings is 2. The topological polar surface area (TPSA) is 68.0 Å². The Morgan fingerprint density at radius 2 is 1.92 bits per heavy atom. The number of carboxylic acid groups (broad SMARTS) is 1. The molecule has 0 unspecified atom stereocenters. The van der Waals surface area contributed by atoms with Crippen molar-refractivity contribution in [2.45, 2.75) is 23.9 Å². The zero-order valence-electron chi connectivity index (χ0n) is 13.1. The predicted molar refractivity (Wildman–Crippen MR) is 104 cm³/mol. The summed E-state index contributed by atoms with van der Waals surface area (Å²) in [7, 11) is 0. The third-order valence-corrected chi connectivity index (χ3v) is 5.54. The first-order valence-corrected chi connectivity index (χ1v) is 9.40. The first kappa shape index (κ1) is 18.2. The fourth-order valence-corrected chi connectivity index (χ4v) is 4.15. The molecule has 0 spiro atoms. The molecular formula is C17H15BrClN3O2S. The van der Waals surface area contributed by atoms with Crippen LogP contribution >= 0.6 is 40.1 Å². The number of aliphatic carboxylic acids is 1. The normalized spacial score (nSPS) is 13.6. The van der Waals surface area contributed by atoms with Crippen LogP contribution in [0.2, 0.25) is 0 Å². The Morgan fingerprint density at radius 3 is 2.60 bits per heavy atom. The molecule has 0 atom stereocenters. The van der Waals surface area contributed by atoms with Crippen molar-refractivity contribution in [3.63, 3.8) is 0 Å². The molecule has 130 valence electrons. The van der Waals surface area contributed by atoms with E-state index in [-0.39, 0.29) is 18.2 Å². The van der Waals surface area contributed by atoms with Gasteiger partial charge in [-0.1, -0.05) is 42.1 Å². The van der Waals surface area contributed by atoms with E-state index in [1.807, 2.05) is 10.6 Å². The molecule has 3 aromatic rings. The van der Waals surface area contributed by atoms with Crippen molar-refractivity contribution in [3.8, 4) is 5.69 Å². The minimum Gasteiger partial charge on any atom is -0.481 e. The number of rotatable bonds is 5. The van der Waals surface area contributed by atoms with E-state index in [2.05, 4.69) is 56.5 Å². The van der Waals surface area contributed by atoms with Crippen LogP contribution in [0.25, 0.3) is 16.5 Å². The number of thioether (sulfide) groups is 1. The number of aromatic nitrogens is 3. The lowest BCUT2D eigenvalue weighted by Gasteiger charge is -2.13.